The van der Waals surface area contributed by atoms with Crippen LogP contribution in [0.2, 0.25) is 0 Å². The second-order valence-corrected chi connectivity index (χ2v) is 3.42. The van der Waals surface area contributed by atoms with E-state index >= 15 is 0 Å². The minimum atomic E-state index is 0.580. The Morgan fingerprint density at radius 1 is 0.938 bits per heavy atom. The third-order valence-corrected chi connectivity index (χ3v) is 2.15. The Bertz CT molecular complexity index is 286. The summed E-state index contributed by atoms with van der Waals surface area (Å²) in [6, 6.07) is 7.97. The van der Waals surface area contributed by atoms with Crippen LogP contribution in [0.15, 0.2) is 24.3 Å². The van der Waals surface area contributed by atoms with Crippen molar-refractivity contribution in [3.63, 3.8) is 0 Å². The van der Waals surface area contributed by atoms with Gasteiger partial charge >= 0.3 is 0 Å². The summed E-state index contributed by atoms with van der Waals surface area (Å²) in [7, 11) is 0. The summed E-state index contributed by atoms with van der Waals surface area (Å²) in [5.41, 5.74) is 1.15. The zero-order valence-electron chi connectivity index (χ0n) is 10.1. The molecule has 1 aromatic rings. The minimum absolute atomic E-state index is 0.580. The average Bonchev–Trinajstić information content (AvgIpc) is 2.30. The van der Waals surface area contributed by atoms with E-state index in [0.717, 1.165) is 17.9 Å². The first kappa shape index (κ1) is 13.0. The van der Waals surface area contributed by atoms with Crippen LogP contribution in [0.25, 0.3) is 0 Å². The van der Waals surface area contributed by atoms with Crippen molar-refractivity contribution in [2.75, 3.05) is 33.0 Å². The van der Waals surface area contributed by atoms with Crippen LogP contribution in [0.5, 0.6) is 5.75 Å². The van der Waals surface area contributed by atoms with Crippen molar-refractivity contribution in [2.45, 2.75) is 13.8 Å². The van der Waals surface area contributed by atoms with Crippen molar-refractivity contribution in [3.8, 4) is 5.75 Å². The molecule has 0 aliphatic carbocycles. The standard InChI is InChI=1S/C13H20O3/c1-3-14-8-9-15-10-11-16-13-7-5-4-6-12(13)2/h4-7H,3,8-11H2,1-2H3. The zero-order chi connectivity index (χ0) is 11.6. The van der Waals surface area contributed by atoms with Gasteiger partial charge in [0.15, 0.2) is 0 Å². The van der Waals surface area contributed by atoms with Gasteiger partial charge in [0.2, 0.25) is 0 Å². The Labute approximate surface area is 97.3 Å². The molecule has 0 saturated carbocycles. The van der Waals surface area contributed by atoms with Crippen LogP contribution in [-0.4, -0.2) is 33.0 Å². The third-order valence-electron chi connectivity index (χ3n) is 2.15. The Hall–Kier alpha value is -1.06. The molecule has 0 amide bonds. The smallest absolute Gasteiger partial charge is 0.122 e. The van der Waals surface area contributed by atoms with Gasteiger partial charge in [-0.25, -0.2) is 0 Å². The summed E-state index contributed by atoms with van der Waals surface area (Å²) in [5.74, 6) is 0.927. The predicted molar refractivity (Wildman–Crippen MR) is 64.0 cm³/mol. The molecule has 1 aromatic carbocycles. The lowest BCUT2D eigenvalue weighted by Gasteiger charge is -2.09. The molecule has 0 aliphatic rings. The summed E-state index contributed by atoms with van der Waals surface area (Å²) >= 11 is 0. The topological polar surface area (TPSA) is 27.7 Å². The molecular weight excluding hydrogens is 204 g/mol. The number of aryl methyl sites for hydroxylation is 1. The molecule has 0 aromatic heterocycles. The van der Waals surface area contributed by atoms with Gasteiger partial charge in [-0.05, 0) is 25.5 Å². The lowest BCUT2D eigenvalue weighted by molar-refractivity contribution is 0.0404. The summed E-state index contributed by atoms with van der Waals surface area (Å²) in [6.45, 7) is 7.21. The van der Waals surface area contributed by atoms with E-state index in [-0.39, 0.29) is 0 Å². The molecule has 0 saturated heterocycles. The van der Waals surface area contributed by atoms with Crippen LogP contribution in [0.1, 0.15) is 12.5 Å². The molecule has 16 heavy (non-hydrogen) atoms. The number of hydrogen-bond acceptors (Lipinski definition) is 3. The van der Waals surface area contributed by atoms with Crippen molar-refractivity contribution in [1.82, 2.24) is 0 Å². The van der Waals surface area contributed by atoms with Crippen LogP contribution in [0, 0.1) is 6.92 Å². The van der Waals surface area contributed by atoms with Gasteiger partial charge in [-0.1, -0.05) is 18.2 Å². The van der Waals surface area contributed by atoms with Crippen LogP contribution in [0.4, 0.5) is 0 Å². The fourth-order valence-electron chi connectivity index (χ4n) is 1.29. The van der Waals surface area contributed by atoms with Crippen LogP contribution >= 0.6 is 0 Å². The van der Waals surface area contributed by atoms with Gasteiger partial charge in [0.05, 0.1) is 19.8 Å². The second-order valence-electron chi connectivity index (χ2n) is 3.42. The van der Waals surface area contributed by atoms with Gasteiger partial charge < -0.3 is 14.2 Å². The molecule has 3 nitrogen and oxygen atoms in total. The summed E-state index contributed by atoms with van der Waals surface area (Å²) in [5, 5.41) is 0. The maximum atomic E-state index is 5.58. The van der Waals surface area contributed by atoms with E-state index < -0.39 is 0 Å². The molecule has 0 N–H and O–H groups in total. The summed E-state index contributed by atoms with van der Waals surface area (Å²) in [4.78, 5) is 0. The highest BCUT2D eigenvalue weighted by atomic mass is 16.5. The predicted octanol–water partition coefficient (Wildman–Crippen LogP) is 2.43. The first-order valence-corrected chi connectivity index (χ1v) is 5.68. The third kappa shape index (κ3) is 5.14. The van der Waals surface area contributed by atoms with E-state index in [1.54, 1.807) is 0 Å². The summed E-state index contributed by atoms with van der Waals surface area (Å²) < 4.78 is 16.1. The molecule has 0 bridgehead atoms. The molecule has 0 radical (unpaired) electrons. The first-order chi connectivity index (χ1) is 7.84. The quantitative estimate of drug-likeness (QED) is 0.635. The van der Waals surface area contributed by atoms with Crippen molar-refractivity contribution < 1.29 is 14.2 Å². The number of rotatable bonds is 8. The lowest BCUT2D eigenvalue weighted by Crippen LogP contribution is -2.11. The monoisotopic (exact) mass is 224 g/mol. The van der Waals surface area contributed by atoms with E-state index in [1.165, 1.54) is 0 Å². The highest BCUT2D eigenvalue weighted by molar-refractivity contribution is 5.31. The minimum Gasteiger partial charge on any atom is -0.491 e. The Morgan fingerprint density at radius 2 is 1.62 bits per heavy atom. The number of para-hydroxylation sites is 1. The highest BCUT2D eigenvalue weighted by Gasteiger charge is 1.96. The van der Waals surface area contributed by atoms with E-state index in [9.17, 15) is 0 Å². The fraction of sp³-hybridized carbons (Fsp3) is 0.538. The Balaban J connectivity index is 2.05. The lowest BCUT2D eigenvalue weighted by atomic mass is 10.2. The molecule has 0 spiro atoms. The van der Waals surface area contributed by atoms with Crippen molar-refractivity contribution >= 4 is 0 Å². The van der Waals surface area contributed by atoms with E-state index in [0.29, 0.717) is 26.4 Å². The van der Waals surface area contributed by atoms with Crippen LogP contribution < -0.4 is 4.74 Å². The maximum absolute atomic E-state index is 5.58. The van der Waals surface area contributed by atoms with E-state index in [1.807, 2.05) is 38.1 Å². The normalized spacial score (nSPS) is 10.4. The van der Waals surface area contributed by atoms with Gasteiger partial charge in [0, 0.05) is 6.61 Å². The maximum Gasteiger partial charge on any atom is 0.122 e. The van der Waals surface area contributed by atoms with Crippen molar-refractivity contribution in [3.05, 3.63) is 29.8 Å². The SMILES string of the molecule is CCOCCOCCOc1ccccc1C. The van der Waals surface area contributed by atoms with Gasteiger partial charge in [-0.15, -0.1) is 0 Å². The van der Waals surface area contributed by atoms with Gasteiger partial charge in [0.1, 0.15) is 12.4 Å². The van der Waals surface area contributed by atoms with Gasteiger partial charge in [0.25, 0.3) is 0 Å². The van der Waals surface area contributed by atoms with Crippen molar-refractivity contribution in [1.29, 1.82) is 0 Å². The molecule has 0 fully saturated rings. The second kappa shape index (κ2) is 8.13. The number of benzene rings is 1. The molecule has 90 valence electrons. The molecule has 0 aliphatic heterocycles. The van der Waals surface area contributed by atoms with Crippen molar-refractivity contribution in [2.24, 2.45) is 0 Å². The largest absolute Gasteiger partial charge is 0.491 e. The first-order valence-electron chi connectivity index (χ1n) is 5.68. The Morgan fingerprint density at radius 3 is 2.38 bits per heavy atom. The molecular formula is C13H20O3. The molecule has 0 unspecified atom stereocenters. The van der Waals surface area contributed by atoms with E-state index in [4.69, 9.17) is 14.2 Å². The molecule has 0 heterocycles. The number of hydrogen-bond donors (Lipinski definition) is 0. The highest BCUT2D eigenvalue weighted by Crippen LogP contribution is 2.15. The molecule has 0 atom stereocenters. The Kier molecular flexibility index (Phi) is 6.61. The summed E-state index contributed by atoms with van der Waals surface area (Å²) in [6.07, 6.45) is 0. The number of ether oxygens (including phenoxy) is 3. The van der Waals surface area contributed by atoms with E-state index in [2.05, 4.69) is 0 Å². The molecule has 1 rings (SSSR count). The molecule has 3 heteroatoms. The van der Waals surface area contributed by atoms with Gasteiger partial charge in [-0.2, -0.15) is 0 Å². The average molecular weight is 224 g/mol. The van der Waals surface area contributed by atoms with Gasteiger partial charge in [-0.3, -0.25) is 0 Å². The van der Waals surface area contributed by atoms with Crippen LogP contribution in [0.3, 0.4) is 0 Å². The zero-order valence-corrected chi connectivity index (χ0v) is 10.1. The van der Waals surface area contributed by atoms with Crippen LogP contribution in [-0.2, 0) is 9.47 Å². The fourth-order valence-corrected chi connectivity index (χ4v) is 1.29.